The number of benzene rings is 2. The third kappa shape index (κ3) is 3.90. The normalized spacial score (nSPS) is 10.6. The Hall–Kier alpha value is -2.44. The molecule has 0 aliphatic carbocycles. The quantitative estimate of drug-likeness (QED) is 0.770. The second kappa shape index (κ2) is 6.98. The fourth-order valence-electron chi connectivity index (χ4n) is 2.20. The molecule has 0 saturated carbocycles. The molecule has 122 valence electrons. The molecule has 1 N–H and O–H groups in total. The molecule has 1 aromatic heterocycles. The van der Waals surface area contributed by atoms with E-state index in [1.807, 2.05) is 31.2 Å². The van der Waals surface area contributed by atoms with Crippen LogP contribution in [0.4, 0.5) is 5.69 Å². The summed E-state index contributed by atoms with van der Waals surface area (Å²) in [6.07, 6.45) is 0. The summed E-state index contributed by atoms with van der Waals surface area (Å²) in [5.41, 5.74) is 2.43. The lowest BCUT2D eigenvalue weighted by molar-refractivity contribution is -0.117. The van der Waals surface area contributed by atoms with Gasteiger partial charge < -0.3 is 5.32 Å². The van der Waals surface area contributed by atoms with Gasteiger partial charge >= 0.3 is 0 Å². The molecule has 8 heteroatoms. The maximum Gasteiger partial charge on any atom is 0.248 e. The van der Waals surface area contributed by atoms with Crippen molar-refractivity contribution < 1.29 is 4.79 Å². The van der Waals surface area contributed by atoms with Crippen LogP contribution in [0.1, 0.15) is 5.56 Å². The highest BCUT2D eigenvalue weighted by atomic mass is 35.5. The third-order valence-electron chi connectivity index (χ3n) is 3.27. The lowest BCUT2D eigenvalue weighted by atomic mass is 10.1. The fourth-order valence-corrected chi connectivity index (χ4v) is 2.72. The summed E-state index contributed by atoms with van der Waals surface area (Å²) in [4.78, 5) is 13.3. The Bertz CT molecular complexity index is 873. The number of amides is 1. The van der Waals surface area contributed by atoms with Gasteiger partial charge in [0.2, 0.25) is 11.7 Å². The summed E-state index contributed by atoms with van der Waals surface area (Å²) in [7, 11) is 0. The number of hydrogen-bond donors (Lipinski definition) is 1. The second-order valence-corrected chi connectivity index (χ2v) is 6.04. The summed E-state index contributed by atoms with van der Waals surface area (Å²) >= 11 is 11.8. The molecule has 3 rings (SSSR count). The molecular formula is C16H13Cl2N5O. The van der Waals surface area contributed by atoms with Gasteiger partial charge in [0, 0.05) is 21.3 Å². The SMILES string of the molecule is Cc1ccccc1-c1nnn(CC(=O)Nc2cc(Cl)cc(Cl)c2)n1. The molecule has 1 amide bonds. The lowest BCUT2D eigenvalue weighted by Crippen LogP contribution is -2.20. The Labute approximate surface area is 148 Å². The van der Waals surface area contributed by atoms with Gasteiger partial charge in [0.15, 0.2) is 0 Å². The number of aromatic nitrogens is 4. The van der Waals surface area contributed by atoms with Crippen LogP contribution in [0.15, 0.2) is 42.5 Å². The lowest BCUT2D eigenvalue weighted by Gasteiger charge is -2.05. The molecule has 0 radical (unpaired) electrons. The third-order valence-corrected chi connectivity index (χ3v) is 3.71. The van der Waals surface area contributed by atoms with Crippen molar-refractivity contribution in [3.8, 4) is 11.4 Å². The fraction of sp³-hybridized carbons (Fsp3) is 0.125. The van der Waals surface area contributed by atoms with Crippen molar-refractivity contribution in [1.29, 1.82) is 0 Å². The average molecular weight is 362 g/mol. The predicted octanol–water partition coefficient (Wildman–Crippen LogP) is 3.59. The molecule has 2 aromatic carbocycles. The van der Waals surface area contributed by atoms with Crippen molar-refractivity contribution in [3.63, 3.8) is 0 Å². The number of anilines is 1. The summed E-state index contributed by atoms with van der Waals surface area (Å²) < 4.78 is 0. The van der Waals surface area contributed by atoms with Gasteiger partial charge in [-0.25, -0.2) is 0 Å². The van der Waals surface area contributed by atoms with Gasteiger partial charge in [0.25, 0.3) is 0 Å². The Morgan fingerprint density at radius 3 is 2.58 bits per heavy atom. The topological polar surface area (TPSA) is 72.7 Å². The van der Waals surface area contributed by atoms with E-state index in [1.165, 1.54) is 4.80 Å². The zero-order chi connectivity index (χ0) is 17.1. The molecule has 0 fully saturated rings. The van der Waals surface area contributed by atoms with Gasteiger partial charge in [-0.05, 0) is 35.9 Å². The minimum absolute atomic E-state index is 0.0665. The van der Waals surface area contributed by atoms with Gasteiger partial charge in [0.05, 0.1) is 0 Å². The smallest absolute Gasteiger partial charge is 0.248 e. The maximum atomic E-state index is 12.1. The maximum absolute atomic E-state index is 12.1. The standard InChI is InChI=1S/C16H13Cl2N5O/c1-10-4-2-3-5-14(10)16-20-22-23(21-16)9-15(24)19-13-7-11(17)6-12(18)8-13/h2-8H,9H2,1H3,(H,19,24). The number of halogens is 2. The first-order chi connectivity index (χ1) is 11.5. The Balaban J connectivity index is 1.70. The van der Waals surface area contributed by atoms with Gasteiger partial charge in [0.1, 0.15) is 6.54 Å². The van der Waals surface area contributed by atoms with Crippen LogP contribution in [0, 0.1) is 6.92 Å². The van der Waals surface area contributed by atoms with Crippen molar-refractivity contribution in [1.82, 2.24) is 20.2 Å². The molecule has 24 heavy (non-hydrogen) atoms. The number of rotatable bonds is 4. The predicted molar refractivity (Wildman–Crippen MR) is 93.1 cm³/mol. The van der Waals surface area contributed by atoms with Gasteiger partial charge in [-0.2, -0.15) is 4.80 Å². The highest BCUT2D eigenvalue weighted by molar-refractivity contribution is 6.35. The van der Waals surface area contributed by atoms with Crippen molar-refractivity contribution in [3.05, 3.63) is 58.1 Å². The Morgan fingerprint density at radius 2 is 1.88 bits per heavy atom. The van der Waals surface area contributed by atoms with Crippen LogP contribution in [0.5, 0.6) is 0 Å². The minimum Gasteiger partial charge on any atom is -0.324 e. The molecule has 0 spiro atoms. The number of tetrazole rings is 1. The van der Waals surface area contributed by atoms with Crippen LogP contribution in [-0.4, -0.2) is 26.1 Å². The molecule has 6 nitrogen and oxygen atoms in total. The molecule has 0 atom stereocenters. The van der Waals surface area contributed by atoms with E-state index in [2.05, 4.69) is 20.7 Å². The van der Waals surface area contributed by atoms with E-state index in [0.717, 1.165) is 11.1 Å². The van der Waals surface area contributed by atoms with Crippen molar-refractivity contribution in [2.45, 2.75) is 13.5 Å². The summed E-state index contributed by atoms with van der Waals surface area (Å²) in [5, 5.41) is 15.7. The monoisotopic (exact) mass is 361 g/mol. The van der Waals surface area contributed by atoms with Gasteiger partial charge in [-0.15, -0.1) is 10.2 Å². The highest BCUT2D eigenvalue weighted by Gasteiger charge is 2.11. The summed E-state index contributed by atoms with van der Waals surface area (Å²) in [6, 6.07) is 12.5. The zero-order valence-corrected chi connectivity index (χ0v) is 14.2. The molecule has 0 unspecified atom stereocenters. The molecular weight excluding hydrogens is 349 g/mol. The van der Waals surface area contributed by atoms with Crippen LogP contribution in [0.2, 0.25) is 10.0 Å². The van der Waals surface area contributed by atoms with Crippen LogP contribution in [0.25, 0.3) is 11.4 Å². The number of nitrogens with zero attached hydrogens (tertiary/aromatic N) is 4. The molecule has 0 saturated heterocycles. The molecule has 1 heterocycles. The largest absolute Gasteiger partial charge is 0.324 e. The van der Waals surface area contributed by atoms with E-state index in [0.29, 0.717) is 21.6 Å². The average Bonchev–Trinajstić information content (AvgIpc) is 2.94. The molecule has 0 aliphatic heterocycles. The van der Waals surface area contributed by atoms with E-state index in [4.69, 9.17) is 23.2 Å². The minimum atomic E-state index is -0.304. The molecule has 0 bridgehead atoms. The summed E-state index contributed by atoms with van der Waals surface area (Å²) in [6.45, 7) is 1.90. The van der Waals surface area contributed by atoms with Crippen LogP contribution < -0.4 is 5.32 Å². The van der Waals surface area contributed by atoms with Crippen LogP contribution in [0.3, 0.4) is 0 Å². The molecule has 3 aromatic rings. The van der Waals surface area contributed by atoms with E-state index < -0.39 is 0 Å². The Morgan fingerprint density at radius 1 is 1.17 bits per heavy atom. The number of nitrogens with one attached hydrogen (secondary N) is 1. The zero-order valence-electron chi connectivity index (χ0n) is 12.7. The van der Waals surface area contributed by atoms with Crippen molar-refractivity contribution in [2.24, 2.45) is 0 Å². The molecule has 0 aliphatic rings. The van der Waals surface area contributed by atoms with Crippen LogP contribution in [-0.2, 0) is 11.3 Å². The number of carbonyl (C=O) groups is 1. The van der Waals surface area contributed by atoms with Gasteiger partial charge in [-0.1, -0.05) is 47.5 Å². The number of hydrogen-bond acceptors (Lipinski definition) is 4. The van der Waals surface area contributed by atoms with E-state index >= 15 is 0 Å². The van der Waals surface area contributed by atoms with Crippen LogP contribution >= 0.6 is 23.2 Å². The van der Waals surface area contributed by atoms with Gasteiger partial charge in [-0.3, -0.25) is 4.79 Å². The Kier molecular flexibility index (Phi) is 4.78. The second-order valence-electron chi connectivity index (χ2n) is 5.16. The number of carbonyl (C=O) groups excluding carboxylic acids is 1. The summed E-state index contributed by atoms with van der Waals surface area (Å²) in [5.74, 6) is 0.175. The highest BCUT2D eigenvalue weighted by Crippen LogP contribution is 2.22. The van der Waals surface area contributed by atoms with Crippen molar-refractivity contribution >= 4 is 34.8 Å². The van der Waals surface area contributed by atoms with E-state index in [1.54, 1.807) is 18.2 Å². The van der Waals surface area contributed by atoms with E-state index in [9.17, 15) is 4.79 Å². The van der Waals surface area contributed by atoms with E-state index in [-0.39, 0.29) is 12.5 Å². The number of aryl methyl sites for hydroxylation is 1. The van der Waals surface area contributed by atoms with Crippen molar-refractivity contribution in [2.75, 3.05) is 5.32 Å². The first-order valence-corrected chi connectivity index (χ1v) is 7.86. The first kappa shape index (κ1) is 16.4. The first-order valence-electron chi connectivity index (χ1n) is 7.11.